The van der Waals surface area contributed by atoms with Gasteiger partial charge in [-0.25, -0.2) is 4.79 Å². The lowest BCUT2D eigenvalue weighted by Crippen LogP contribution is -2.38. The minimum Gasteiger partial charge on any atom is -0.465 e. The number of imide groups is 1. The van der Waals surface area contributed by atoms with Crippen LogP contribution in [0.4, 0.5) is 5.69 Å². The standard InChI is InChI=1S/C20H17N3O5S/c1-28-19(27)14-8-4-5-9-15(14)21-20(29)22-16(24)10-11-23-17(25)12-6-2-3-7-13(12)18(23)26/h2-9H,10-11H2,1H3,(H2,21,22,24,29). The molecular weight excluding hydrogens is 394 g/mol. The van der Waals surface area contributed by atoms with Crippen LogP contribution in [0.25, 0.3) is 0 Å². The number of carbonyl (C=O) groups excluding carboxylic acids is 4. The van der Waals surface area contributed by atoms with Crippen molar-refractivity contribution in [3.05, 3.63) is 65.2 Å². The molecular formula is C20H17N3O5S. The number of amides is 3. The highest BCUT2D eigenvalue weighted by Crippen LogP contribution is 2.22. The maximum absolute atomic E-state index is 12.3. The molecule has 2 aromatic rings. The van der Waals surface area contributed by atoms with Gasteiger partial charge in [0.25, 0.3) is 11.8 Å². The number of thiocarbonyl (C=S) groups is 1. The summed E-state index contributed by atoms with van der Waals surface area (Å²) in [5.41, 5.74) is 1.30. The minimum atomic E-state index is -0.548. The lowest BCUT2D eigenvalue weighted by molar-refractivity contribution is -0.119. The van der Waals surface area contributed by atoms with E-state index in [1.807, 2.05) is 0 Å². The topological polar surface area (TPSA) is 105 Å². The van der Waals surface area contributed by atoms with Gasteiger partial charge in [-0.1, -0.05) is 24.3 Å². The molecule has 3 rings (SSSR count). The normalized spacial score (nSPS) is 12.4. The first-order chi connectivity index (χ1) is 13.9. The van der Waals surface area contributed by atoms with Gasteiger partial charge >= 0.3 is 5.97 Å². The average Bonchev–Trinajstić information content (AvgIpc) is 2.96. The Hall–Kier alpha value is -3.59. The van der Waals surface area contributed by atoms with Gasteiger partial charge in [0.2, 0.25) is 5.91 Å². The van der Waals surface area contributed by atoms with Gasteiger partial charge in [-0.3, -0.25) is 19.3 Å². The zero-order valence-corrected chi connectivity index (χ0v) is 16.2. The van der Waals surface area contributed by atoms with Gasteiger partial charge in [0.15, 0.2) is 5.11 Å². The molecule has 0 atom stereocenters. The molecule has 9 heteroatoms. The summed E-state index contributed by atoms with van der Waals surface area (Å²) >= 11 is 5.10. The summed E-state index contributed by atoms with van der Waals surface area (Å²) in [6, 6.07) is 13.0. The van der Waals surface area contributed by atoms with E-state index in [2.05, 4.69) is 10.6 Å². The molecule has 0 unspecified atom stereocenters. The molecule has 2 aromatic carbocycles. The third-order valence-electron chi connectivity index (χ3n) is 4.27. The number of methoxy groups -OCH3 is 1. The van der Waals surface area contributed by atoms with Gasteiger partial charge < -0.3 is 15.4 Å². The second-order valence-electron chi connectivity index (χ2n) is 6.10. The van der Waals surface area contributed by atoms with E-state index in [0.717, 1.165) is 4.90 Å². The van der Waals surface area contributed by atoms with Crippen molar-refractivity contribution in [3.63, 3.8) is 0 Å². The van der Waals surface area contributed by atoms with Gasteiger partial charge in [-0.2, -0.15) is 0 Å². The van der Waals surface area contributed by atoms with Crippen molar-refractivity contribution in [2.75, 3.05) is 19.0 Å². The number of benzene rings is 2. The number of hydrogen-bond donors (Lipinski definition) is 2. The van der Waals surface area contributed by atoms with E-state index in [-0.39, 0.29) is 23.6 Å². The number of nitrogens with one attached hydrogen (secondary N) is 2. The Labute approximate surface area is 171 Å². The molecule has 0 radical (unpaired) electrons. The summed E-state index contributed by atoms with van der Waals surface area (Å²) < 4.78 is 4.70. The summed E-state index contributed by atoms with van der Waals surface area (Å²) in [5.74, 6) is -1.88. The predicted octanol–water partition coefficient (Wildman–Crippen LogP) is 1.97. The molecule has 1 aliphatic rings. The van der Waals surface area contributed by atoms with E-state index in [1.54, 1.807) is 48.5 Å². The van der Waals surface area contributed by atoms with E-state index in [9.17, 15) is 19.2 Å². The SMILES string of the molecule is COC(=O)c1ccccc1NC(=S)NC(=O)CCN1C(=O)c2ccccc2C1=O. The van der Waals surface area contributed by atoms with Crippen LogP contribution < -0.4 is 10.6 Å². The molecule has 0 aromatic heterocycles. The fourth-order valence-electron chi connectivity index (χ4n) is 2.88. The number of anilines is 1. The lowest BCUT2D eigenvalue weighted by atomic mass is 10.1. The summed E-state index contributed by atoms with van der Waals surface area (Å²) in [6.07, 6.45) is -0.119. The van der Waals surface area contributed by atoms with Crippen molar-refractivity contribution < 1.29 is 23.9 Å². The monoisotopic (exact) mass is 411 g/mol. The Bertz CT molecular complexity index is 986. The molecule has 0 bridgehead atoms. The van der Waals surface area contributed by atoms with E-state index in [0.29, 0.717) is 16.8 Å². The van der Waals surface area contributed by atoms with Crippen LogP contribution in [0.2, 0.25) is 0 Å². The molecule has 1 aliphatic heterocycles. The molecule has 0 aliphatic carbocycles. The van der Waals surface area contributed by atoms with Crippen LogP contribution in [-0.2, 0) is 9.53 Å². The maximum atomic E-state index is 12.3. The first-order valence-corrected chi connectivity index (χ1v) is 9.06. The lowest BCUT2D eigenvalue weighted by Gasteiger charge is -2.15. The van der Waals surface area contributed by atoms with Gasteiger partial charge in [0.05, 0.1) is 29.5 Å². The van der Waals surface area contributed by atoms with Crippen LogP contribution in [0.15, 0.2) is 48.5 Å². The van der Waals surface area contributed by atoms with Crippen LogP contribution >= 0.6 is 12.2 Å². The second kappa shape index (κ2) is 8.61. The number of fused-ring (bicyclic) bond motifs is 1. The summed E-state index contributed by atoms with van der Waals surface area (Å²) in [7, 11) is 1.26. The number of hydrogen-bond acceptors (Lipinski definition) is 6. The highest BCUT2D eigenvalue weighted by Gasteiger charge is 2.34. The second-order valence-corrected chi connectivity index (χ2v) is 6.51. The number of ether oxygens (including phenoxy) is 1. The molecule has 2 N–H and O–H groups in total. The van der Waals surface area contributed by atoms with E-state index in [1.165, 1.54) is 7.11 Å². The maximum Gasteiger partial charge on any atom is 0.339 e. The van der Waals surface area contributed by atoms with Gasteiger partial charge in [0.1, 0.15) is 0 Å². The molecule has 29 heavy (non-hydrogen) atoms. The highest BCUT2D eigenvalue weighted by molar-refractivity contribution is 7.80. The Morgan fingerprint density at radius 2 is 1.59 bits per heavy atom. The average molecular weight is 411 g/mol. The van der Waals surface area contributed by atoms with Gasteiger partial charge in [-0.15, -0.1) is 0 Å². The van der Waals surface area contributed by atoms with Crippen LogP contribution in [-0.4, -0.2) is 47.4 Å². The van der Waals surface area contributed by atoms with Crippen molar-refractivity contribution in [2.45, 2.75) is 6.42 Å². The van der Waals surface area contributed by atoms with Gasteiger partial charge in [-0.05, 0) is 36.5 Å². The van der Waals surface area contributed by atoms with Crippen molar-refractivity contribution in [1.29, 1.82) is 0 Å². The highest BCUT2D eigenvalue weighted by atomic mass is 32.1. The summed E-state index contributed by atoms with van der Waals surface area (Å²) in [4.78, 5) is 49.6. The molecule has 1 heterocycles. The van der Waals surface area contributed by atoms with Crippen molar-refractivity contribution in [1.82, 2.24) is 10.2 Å². The molecule has 0 saturated carbocycles. The number of carbonyl (C=O) groups is 4. The molecule has 0 spiro atoms. The zero-order valence-electron chi connectivity index (χ0n) is 15.4. The molecule has 8 nitrogen and oxygen atoms in total. The summed E-state index contributed by atoms with van der Waals surface area (Å²) in [5, 5.41) is 5.22. The first-order valence-electron chi connectivity index (χ1n) is 8.65. The number of rotatable bonds is 5. The zero-order chi connectivity index (χ0) is 21.0. The quantitative estimate of drug-likeness (QED) is 0.440. The van der Waals surface area contributed by atoms with E-state index < -0.39 is 23.7 Å². The fraction of sp³-hybridized carbons (Fsp3) is 0.150. The molecule has 0 fully saturated rings. The van der Waals surface area contributed by atoms with Crippen LogP contribution in [0, 0.1) is 0 Å². The number of para-hydroxylation sites is 1. The number of nitrogens with zero attached hydrogens (tertiary/aromatic N) is 1. The minimum absolute atomic E-state index is 0.0197. The Kier molecular flexibility index (Phi) is 5.99. The van der Waals surface area contributed by atoms with Crippen LogP contribution in [0.3, 0.4) is 0 Å². The molecule has 0 saturated heterocycles. The molecule has 148 valence electrons. The summed E-state index contributed by atoms with van der Waals surface area (Å²) in [6.45, 7) is -0.0699. The predicted molar refractivity (Wildman–Crippen MR) is 109 cm³/mol. The van der Waals surface area contributed by atoms with E-state index in [4.69, 9.17) is 17.0 Å². The Morgan fingerprint density at radius 1 is 1.00 bits per heavy atom. The third kappa shape index (κ3) is 4.30. The largest absolute Gasteiger partial charge is 0.465 e. The Balaban J connectivity index is 1.56. The smallest absolute Gasteiger partial charge is 0.339 e. The van der Waals surface area contributed by atoms with Crippen molar-refractivity contribution >= 4 is 46.7 Å². The molecule has 3 amide bonds. The van der Waals surface area contributed by atoms with Crippen molar-refractivity contribution in [2.24, 2.45) is 0 Å². The van der Waals surface area contributed by atoms with Crippen molar-refractivity contribution in [3.8, 4) is 0 Å². The first kappa shape index (κ1) is 20.2. The van der Waals surface area contributed by atoms with Gasteiger partial charge in [0, 0.05) is 13.0 Å². The van der Waals surface area contributed by atoms with E-state index >= 15 is 0 Å². The van der Waals surface area contributed by atoms with Crippen LogP contribution in [0.1, 0.15) is 37.5 Å². The van der Waals surface area contributed by atoms with Crippen LogP contribution in [0.5, 0.6) is 0 Å². The number of esters is 1. The fourth-order valence-corrected chi connectivity index (χ4v) is 3.10. The third-order valence-corrected chi connectivity index (χ3v) is 4.48. The Morgan fingerprint density at radius 3 is 2.21 bits per heavy atom.